The highest BCUT2D eigenvalue weighted by molar-refractivity contribution is 4.91. The topological polar surface area (TPSA) is 85.2 Å². The summed E-state index contributed by atoms with van der Waals surface area (Å²) in [5, 5.41) is 21.4. The average molecular weight is 207 g/mol. The molecule has 0 aliphatic heterocycles. The molecular weight excluding hydrogens is 194 g/mol. The van der Waals surface area contributed by atoms with E-state index < -0.39 is 0 Å². The summed E-state index contributed by atoms with van der Waals surface area (Å²) in [5.74, 6) is 0.541. The normalized spacial score (nSPS) is 12.9. The van der Waals surface area contributed by atoms with Crippen molar-refractivity contribution >= 4 is 0 Å². The smallest absolute Gasteiger partial charge is 0.138 e. The van der Waals surface area contributed by atoms with Gasteiger partial charge in [-0.05, 0) is 29.2 Å². The standard InChI is InChI=1S/C8H13N7/c1-7(4-8-5-9-12-11-8)2-3-15-6-10-13-14-15/h5-7H,2-4H2,1H3,(H,9,11,12). The van der Waals surface area contributed by atoms with E-state index in [1.807, 2.05) is 0 Å². The average Bonchev–Trinajstić information content (AvgIpc) is 2.86. The van der Waals surface area contributed by atoms with Crippen molar-refractivity contribution in [2.75, 3.05) is 0 Å². The molecule has 1 N–H and O–H groups in total. The Morgan fingerprint density at radius 2 is 2.47 bits per heavy atom. The van der Waals surface area contributed by atoms with Crippen LogP contribution in [0.2, 0.25) is 0 Å². The molecule has 0 saturated heterocycles. The fourth-order valence-corrected chi connectivity index (χ4v) is 1.42. The van der Waals surface area contributed by atoms with E-state index in [-0.39, 0.29) is 0 Å². The van der Waals surface area contributed by atoms with Gasteiger partial charge < -0.3 is 0 Å². The van der Waals surface area contributed by atoms with E-state index in [0.29, 0.717) is 5.92 Å². The van der Waals surface area contributed by atoms with Crippen LogP contribution in [-0.2, 0) is 13.0 Å². The largest absolute Gasteiger partial charge is 0.233 e. The highest BCUT2D eigenvalue weighted by atomic mass is 15.5. The van der Waals surface area contributed by atoms with Crippen LogP contribution in [0, 0.1) is 5.92 Å². The van der Waals surface area contributed by atoms with Gasteiger partial charge in [0.25, 0.3) is 0 Å². The molecule has 1 atom stereocenters. The monoisotopic (exact) mass is 207 g/mol. The predicted octanol–water partition coefficient (Wildman–Crippen LogP) is 0.0601. The minimum absolute atomic E-state index is 0.541. The number of hydrogen-bond acceptors (Lipinski definition) is 5. The Balaban J connectivity index is 1.76. The predicted molar refractivity (Wildman–Crippen MR) is 51.7 cm³/mol. The lowest BCUT2D eigenvalue weighted by Crippen LogP contribution is -2.07. The maximum Gasteiger partial charge on any atom is 0.138 e. The minimum atomic E-state index is 0.541. The zero-order valence-corrected chi connectivity index (χ0v) is 8.54. The molecule has 0 radical (unpaired) electrons. The molecule has 80 valence electrons. The fraction of sp³-hybridized carbons (Fsp3) is 0.625. The Hall–Kier alpha value is -1.79. The van der Waals surface area contributed by atoms with E-state index in [1.165, 1.54) is 0 Å². The van der Waals surface area contributed by atoms with Crippen LogP contribution in [0.5, 0.6) is 0 Å². The minimum Gasteiger partial charge on any atom is -0.233 e. The Labute approximate surface area is 86.9 Å². The summed E-state index contributed by atoms with van der Waals surface area (Å²) >= 11 is 0. The number of H-pyrrole nitrogens is 1. The number of rotatable bonds is 5. The van der Waals surface area contributed by atoms with Gasteiger partial charge in [0.2, 0.25) is 0 Å². The summed E-state index contributed by atoms with van der Waals surface area (Å²) in [6.45, 7) is 3.02. The molecule has 2 heterocycles. The van der Waals surface area contributed by atoms with Gasteiger partial charge in [-0.1, -0.05) is 6.92 Å². The van der Waals surface area contributed by atoms with Gasteiger partial charge in [0, 0.05) is 6.54 Å². The first-order valence-electron chi connectivity index (χ1n) is 4.90. The number of aromatic amines is 1. The van der Waals surface area contributed by atoms with Crippen LogP contribution in [0.1, 0.15) is 19.0 Å². The third-order valence-corrected chi connectivity index (χ3v) is 2.26. The summed E-state index contributed by atoms with van der Waals surface area (Å²) in [6.07, 6.45) is 5.34. The molecule has 0 bridgehead atoms. The number of nitrogens with one attached hydrogen (secondary N) is 1. The first-order chi connectivity index (χ1) is 7.34. The van der Waals surface area contributed by atoms with E-state index in [1.54, 1.807) is 17.2 Å². The van der Waals surface area contributed by atoms with Crippen LogP contribution >= 0.6 is 0 Å². The van der Waals surface area contributed by atoms with Crippen molar-refractivity contribution in [2.24, 2.45) is 5.92 Å². The van der Waals surface area contributed by atoms with Gasteiger partial charge in [-0.15, -0.1) is 5.10 Å². The molecule has 2 aromatic heterocycles. The number of aromatic nitrogens is 7. The summed E-state index contributed by atoms with van der Waals surface area (Å²) in [7, 11) is 0. The molecule has 0 aromatic carbocycles. The highest BCUT2D eigenvalue weighted by Crippen LogP contribution is 2.09. The first kappa shape index (κ1) is 9.75. The molecule has 0 saturated carbocycles. The molecule has 0 spiro atoms. The van der Waals surface area contributed by atoms with E-state index in [4.69, 9.17) is 0 Å². The highest BCUT2D eigenvalue weighted by Gasteiger charge is 2.06. The maximum absolute atomic E-state index is 4.02. The molecule has 2 rings (SSSR count). The number of nitrogens with zero attached hydrogens (tertiary/aromatic N) is 6. The van der Waals surface area contributed by atoms with E-state index in [2.05, 4.69) is 37.9 Å². The fourth-order valence-electron chi connectivity index (χ4n) is 1.42. The molecule has 15 heavy (non-hydrogen) atoms. The molecule has 7 heteroatoms. The van der Waals surface area contributed by atoms with Crippen molar-refractivity contribution in [1.82, 2.24) is 35.6 Å². The Morgan fingerprint density at radius 1 is 1.53 bits per heavy atom. The van der Waals surface area contributed by atoms with Gasteiger partial charge >= 0.3 is 0 Å². The third-order valence-electron chi connectivity index (χ3n) is 2.26. The zero-order valence-electron chi connectivity index (χ0n) is 8.54. The van der Waals surface area contributed by atoms with Crippen molar-refractivity contribution in [1.29, 1.82) is 0 Å². The number of aryl methyl sites for hydroxylation is 1. The second-order valence-electron chi connectivity index (χ2n) is 3.63. The molecular formula is C8H13N7. The third kappa shape index (κ3) is 2.83. The second kappa shape index (κ2) is 4.63. The van der Waals surface area contributed by atoms with E-state index in [9.17, 15) is 0 Å². The SMILES string of the molecule is CC(CCn1cnnn1)Cc1cn[nH]n1. The quantitative estimate of drug-likeness (QED) is 0.749. The molecule has 2 aromatic rings. The van der Waals surface area contributed by atoms with Gasteiger partial charge in [0.1, 0.15) is 6.33 Å². The lowest BCUT2D eigenvalue weighted by Gasteiger charge is -2.07. The zero-order chi connectivity index (χ0) is 10.5. The lowest BCUT2D eigenvalue weighted by atomic mass is 10.0. The van der Waals surface area contributed by atoms with E-state index in [0.717, 1.165) is 25.1 Å². The Morgan fingerprint density at radius 3 is 3.13 bits per heavy atom. The summed E-state index contributed by atoms with van der Waals surface area (Å²) < 4.78 is 1.74. The lowest BCUT2D eigenvalue weighted by molar-refractivity contribution is 0.447. The molecule has 0 aliphatic rings. The van der Waals surface area contributed by atoms with Crippen LogP contribution in [-0.4, -0.2) is 35.6 Å². The molecule has 0 amide bonds. The van der Waals surface area contributed by atoms with Crippen LogP contribution in [0.15, 0.2) is 12.5 Å². The van der Waals surface area contributed by atoms with Crippen molar-refractivity contribution < 1.29 is 0 Å². The number of hydrogen-bond donors (Lipinski definition) is 1. The maximum atomic E-state index is 4.02. The summed E-state index contributed by atoms with van der Waals surface area (Å²) in [4.78, 5) is 0. The van der Waals surface area contributed by atoms with E-state index >= 15 is 0 Å². The van der Waals surface area contributed by atoms with Crippen molar-refractivity contribution in [3.05, 3.63) is 18.2 Å². The van der Waals surface area contributed by atoms with Gasteiger partial charge in [-0.25, -0.2) is 4.68 Å². The molecule has 0 fully saturated rings. The van der Waals surface area contributed by atoms with Crippen LogP contribution in [0.4, 0.5) is 0 Å². The molecule has 7 nitrogen and oxygen atoms in total. The van der Waals surface area contributed by atoms with Crippen molar-refractivity contribution in [3.8, 4) is 0 Å². The summed E-state index contributed by atoms with van der Waals surface area (Å²) in [6, 6.07) is 0. The van der Waals surface area contributed by atoms with Gasteiger partial charge in [0.15, 0.2) is 0 Å². The van der Waals surface area contributed by atoms with Gasteiger partial charge in [0.05, 0.1) is 11.9 Å². The van der Waals surface area contributed by atoms with Crippen LogP contribution in [0.25, 0.3) is 0 Å². The number of tetrazole rings is 1. The van der Waals surface area contributed by atoms with Gasteiger partial charge in [-0.2, -0.15) is 15.4 Å². The Bertz CT molecular complexity index is 366. The van der Waals surface area contributed by atoms with Crippen molar-refractivity contribution in [3.63, 3.8) is 0 Å². The van der Waals surface area contributed by atoms with Gasteiger partial charge in [-0.3, -0.25) is 0 Å². The van der Waals surface area contributed by atoms with Crippen LogP contribution < -0.4 is 0 Å². The Kier molecular flexibility index (Phi) is 3.01. The van der Waals surface area contributed by atoms with Crippen LogP contribution in [0.3, 0.4) is 0 Å². The molecule has 0 aliphatic carbocycles. The first-order valence-corrected chi connectivity index (χ1v) is 4.90. The van der Waals surface area contributed by atoms with Crippen molar-refractivity contribution in [2.45, 2.75) is 26.3 Å². The summed E-state index contributed by atoms with van der Waals surface area (Å²) in [5.41, 5.74) is 0.999. The second-order valence-corrected chi connectivity index (χ2v) is 3.63. The molecule has 1 unspecified atom stereocenters.